The van der Waals surface area contributed by atoms with Gasteiger partial charge in [0, 0.05) is 37.9 Å². The Morgan fingerprint density at radius 3 is 2.46 bits per heavy atom. The number of carbonyl (C=O) groups excluding carboxylic acids is 1. The average Bonchev–Trinajstić information content (AvgIpc) is 2.89. The number of nitrogens with zero attached hydrogens (tertiary/aromatic N) is 3. The van der Waals surface area contributed by atoms with Gasteiger partial charge in [0.2, 0.25) is 5.95 Å². The highest BCUT2D eigenvalue weighted by atomic mass is 16.5. The smallest absolute Gasteiger partial charge is 0.251 e. The molecular formula is C27H33N5O3. The van der Waals surface area contributed by atoms with Gasteiger partial charge in [-0.25, -0.2) is 4.98 Å². The van der Waals surface area contributed by atoms with Gasteiger partial charge >= 0.3 is 0 Å². The minimum absolute atomic E-state index is 0.101. The molecule has 1 aliphatic carbocycles. The molecule has 2 aromatic carbocycles. The van der Waals surface area contributed by atoms with Crippen molar-refractivity contribution in [2.75, 3.05) is 31.4 Å². The number of rotatable bonds is 9. The van der Waals surface area contributed by atoms with Crippen molar-refractivity contribution in [3.8, 4) is 11.5 Å². The predicted molar refractivity (Wildman–Crippen MR) is 137 cm³/mol. The molecule has 2 N–H and O–H groups in total. The first-order chi connectivity index (χ1) is 17.0. The summed E-state index contributed by atoms with van der Waals surface area (Å²) < 4.78 is 11.4. The number of aromatic nitrogens is 2. The zero-order valence-electron chi connectivity index (χ0n) is 20.5. The van der Waals surface area contributed by atoms with Gasteiger partial charge < -0.3 is 25.0 Å². The van der Waals surface area contributed by atoms with Crippen LogP contribution in [-0.2, 0) is 6.61 Å². The first-order valence-electron chi connectivity index (χ1n) is 11.9. The molecule has 0 atom stereocenters. The van der Waals surface area contributed by atoms with E-state index in [-0.39, 0.29) is 11.9 Å². The topological polar surface area (TPSA) is 88.6 Å². The van der Waals surface area contributed by atoms with Crippen LogP contribution in [0.3, 0.4) is 0 Å². The number of benzene rings is 2. The Bertz CT molecular complexity index is 1110. The summed E-state index contributed by atoms with van der Waals surface area (Å²) in [6.45, 7) is 0.403. The van der Waals surface area contributed by atoms with Gasteiger partial charge in [-0.1, -0.05) is 30.3 Å². The molecular weight excluding hydrogens is 442 g/mol. The van der Waals surface area contributed by atoms with Crippen molar-refractivity contribution in [2.24, 2.45) is 0 Å². The molecule has 1 aliphatic rings. The minimum atomic E-state index is -0.101. The lowest BCUT2D eigenvalue weighted by Crippen LogP contribution is -2.40. The van der Waals surface area contributed by atoms with Crippen LogP contribution in [0.5, 0.6) is 11.5 Å². The van der Waals surface area contributed by atoms with E-state index >= 15 is 0 Å². The number of hydrogen-bond acceptors (Lipinski definition) is 7. The first-order valence-corrected chi connectivity index (χ1v) is 11.9. The summed E-state index contributed by atoms with van der Waals surface area (Å²) in [5.41, 5.74) is 1.61. The largest absolute Gasteiger partial charge is 0.493 e. The summed E-state index contributed by atoms with van der Waals surface area (Å²) in [4.78, 5) is 23.8. The lowest BCUT2D eigenvalue weighted by atomic mass is 9.91. The van der Waals surface area contributed by atoms with E-state index in [0.717, 1.165) is 37.1 Å². The highest BCUT2D eigenvalue weighted by molar-refractivity contribution is 5.95. The Labute approximate surface area is 206 Å². The van der Waals surface area contributed by atoms with E-state index in [1.165, 1.54) is 0 Å². The van der Waals surface area contributed by atoms with E-state index in [0.29, 0.717) is 35.7 Å². The molecule has 8 nitrogen and oxygen atoms in total. The van der Waals surface area contributed by atoms with Crippen molar-refractivity contribution in [1.82, 2.24) is 15.3 Å². The number of anilines is 2. The zero-order chi connectivity index (χ0) is 24.6. The van der Waals surface area contributed by atoms with E-state index < -0.39 is 0 Å². The van der Waals surface area contributed by atoms with Crippen molar-refractivity contribution >= 4 is 17.7 Å². The SMILES string of the molecule is COc1ccc(C(=O)NC2CCC(Nc3nccc(N(C)C)n3)CC2)cc1OCc1ccccc1. The molecule has 0 unspecified atom stereocenters. The number of hydrogen-bond donors (Lipinski definition) is 2. The van der Waals surface area contributed by atoms with Gasteiger partial charge in [0.15, 0.2) is 11.5 Å². The molecule has 1 saturated carbocycles. The van der Waals surface area contributed by atoms with Crippen LogP contribution in [0.15, 0.2) is 60.8 Å². The number of carbonyl (C=O) groups is 1. The molecule has 3 aromatic rings. The lowest BCUT2D eigenvalue weighted by molar-refractivity contribution is 0.0926. The molecule has 4 rings (SSSR count). The summed E-state index contributed by atoms with van der Waals surface area (Å²) in [5, 5.41) is 6.62. The van der Waals surface area contributed by atoms with E-state index in [4.69, 9.17) is 9.47 Å². The van der Waals surface area contributed by atoms with Crippen molar-refractivity contribution in [1.29, 1.82) is 0 Å². The Morgan fingerprint density at radius 1 is 1.00 bits per heavy atom. The Balaban J connectivity index is 1.31. The third kappa shape index (κ3) is 6.62. The van der Waals surface area contributed by atoms with Crippen molar-refractivity contribution in [3.63, 3.8) is 0 Å². The Hall–Kier alpha value is -3.81. The van der Waals surface area contributed by atoms with Gasteiger partial charge in [-0.2, -0.15) is 4.98 Å². The molecule has 1 heterocycles. The maximum atomic E-state index is 13.0. The standard InChI is InChI=1S/C27H33N5O3/c1-32(2)25-15-16-28-27(31-25)30-22-12-10-21(11-13-22)29-26(33)20-9-14-23(34-3)24(17-20)35-18-19-7-5-4-6-8-19/h4-9,14-17,21-22H,10-13,18H2,1-3H3,(H,29,33)(H,28,30,31). The van der Waals surface area contributed by atoms with Crippen LogP contribution in [0, 0.1) is 0 Å². The highest BCUT2D eigenvalue weighted by Gasteiger charge is 2.24. The fourth-order valence-corrected chi connectivity index (χ4v) is 4.17. The van der Waals surface area contributed by atoms with Crippen molar-refractivity contribution in [3.05, 3.63) is 71.9 Å². The van der Waals surface area contributed by atoms with Crippen LogP contribution < -0.4 is 25.0 Å². The van der Waals surface area contributed by atoms with E-state index in [2.05, 4.69) is 20.6 Å². The summed E-state index contributed by atoms with van der Waals surface area (Å²) in [5.74, 6) is 2.57. The van der Waals surface area contributed by atoms with Gasteiger partial charge in [-0.3, -0.25) is 4.79 Å². The predicted octanol–water partition coefficient (Wildman–Crippen LogP) is 4.28. The maximum absolute atomic E-state index is 13.0. The van der Waals surface area contributed by atoms with Gasteiger partial charge in [-0.05, 0) is 55.5 Å². The fourth-order valence-electron chi connectivity index (χ4n) is 4.17. The summed E-state index contributed by atoms with van der Waals surface area (Å²) in [6, 6.07) is 17.5. The average molecular weight is 476 g/mol. The van der Waals surface area contributed by atoms with Crippen LogP contribution >= 0.6 is 0 Å². The van der Waals surface area contributed by atoms with Gasteiger partial charge in [0.1, 0.15) is 12.4 Å². The highest BCUT2D eigenvalue weighted by Crippen LogP contribution is 2.29. The second-order valence-corrected chi connectivity index (χ2v) is 8.94. The molecule has 1 fully saturated rings. The summed E-state index contributed by atoms with van der Waals surface area (Å²) in [6.07, 6.45) is 5.43. The first kappa shape index (κ1) is 24.3. The maximum Gasteiger partial charge on any atom is 0.251 e. The summed E-state index contributed by atoms with van der Waals surface area (Å²) >= 11 is 0. The zero-order valence-corrected chi connectivity index (χ0v) is 20.5. The number of nitrogens with one attached hydrogen (secondary N) is 2. The van der Waals surface area contributed by atoms with Crippen molar-refractivity contribution < 1.29 is 14.3 Å². The molecule has 35 heavy (non-hydrogen) atoms. The molecule has 0 aliphatic heterocycles. The molecule has 184 valence electrons. The normalized spacial score (nSPS) is 17.3. The molecule has 1 aromatic heterocycles. The lowest BCUT2D eigenvalue weighted by Gasteiger charge is -2.30. The van der Waals surface area contributed by atoms with Gasteiger partial charge in [0.05, 0.1) is 7.11 Å². The third-order valence-corrected chi connectivity index (χ3v) is 6.16. The Kier molecular flexibility index (Phi) is 8.03. The number of methoxy groups -OCH3 is 1. The quantitative estimate of drug-likeness (QED) is 0.477. The van der Waals surface area contributed by atoms with Gasteiger partial charge in [-0.15, -0.1) is 0 Å². The monoisotopic (exact) mass is 475 g/mol. The molecule has 0 saturated heterocycles. The van der Waals surface area contributed by atoms with Crippen LogP contribution in [-0.4, -0.2) is 49.2 Å². The molecule has 0 spiro atoms. The Morgan fingerprint density at radius 2 is 1.74 bits per heavy atom. The van der Waals surface area contributed by atoms with E-state index in [1.807, 2.05) is 55.4 Å². The molecule has 8 heteroatoms. The molecule has 0 radical (unpaired) electrons. The van der Waals surface area contributed by atoms with Crippen LogP contribution in [0.25, 0.3) is 0 Å². The van der Waals surface area contributed by atoms with E-state index in [1.54, 1.807) is 31.5 Å². The van der Waals surface area contributed by atoms with Gasteiger partial charge in [0.25, 0.3) is 5.91 Å². The molecule has 1 amide bonds. The van der Waals surface area contributed by atoms with Crippen molar-refractivity contribution in [2.45, 2.75) is 44.4 Å². The van der Waals surface area contributed by atoms with Crippen LogP contribution in [0.2, 0.25) is 0 Å². The number of amides is 1. The fraction of sp³-hybridized carbons (Fsp3) is 0.370. The molecule has 0 bridgehead atoms. The minimum Gasteiger partial charge on any atom is -0.493 e. The number of ether oxygens (including phenoxy) is 2. The van der Waals surface area contributed by atoms with Crippen LogP contribution in [0.1, 0.15) is 41.6 Å². The van der Waals surface area contributed by atoms with Crippen LogP contribution in [0.4, 0.5) is 11.8 Å². The van der Waals surface area contributed by atoms with E-state index in [9.17, 15) is 4.79 Å². The second kappa shape index (κ2) is 11.6. The summed E-state index contributed by atoms with van der Waals surface area (Å²) in [7, 11) is 5.51. The second-order valence-electron chi connectivity index (χ2n) is 8.94. The third-order valence-electron chi connectivity index (χ3n) is 6.16.